The Morgan fingerprint density at radius 3 is 1.38 bits per heavy atom. The lowest BCUT2D eigenvalue weighted by molar-refractivity contribution is -0.151. The quantitative estimate of drug-likeness (QED) is 0.0245. The van der Waals surface area contributed by atoms with Crippen molar-refractivity contribution in [1.29, 1.82) is 0 Å². The molecule has 0 saturated carbocycles. The van der Waals surface area contributed by atoms with E-state index in [1.54, 1.807) is 0 Å². The van der Waals surface area contributed by atoms with Crippen LogP contribution in [0.25, 0.3) is 0 Å². The third kappa shape index (κ3) is 45.7. The van der Waals surface area contributed by atoms with Crippen molar-refractivity contribution < 1.29 is 24.5 Å². The Bertz CT molecular complexity index is 1170. The van der Waals surface area contributed by atoms with Gasteiger partial charge in [0.15, 0.2) is 0 Å². The summed E-state index contributed by atoms with van der Waals surface area (Å²) in [6, 6.07) is -0.729. The van der Waals surface area contributed by atoms with Crippen molar-refractivity contribution in [2.75, 3.05) is 6.61 Å². The summed E-state index contributed by atoms with van der Waals surface area (Å²) in [5, 5.41) is 23.8. The van der Waals surface area contributed by atoms with Crippen LogP contribution in [0.1, 0.15) is 252 Å². The van der Waals surface area contributed by atoms with Crippen molar-refractivity contribution >= 4 is 11.9 Å². The molecule has 0 aliphatic rings. The summed E-state index contributed by atoms with van der Waals surface area (Å²) < 4.78 is 5.88. The zero-order valence-corrected chi connectivity index (χ0v) is 41.4. The van der Waals surface area contributed by atoms with Crippen LogP contribution in [0, 0.1) is 0 Å². The van der Waals surface area contributed by atoms with Crippen molar-refractivity contribution in [2.45, 2.75) is 270 Å². The average molecular weight is 880 g/mol. The van der Waals surface area contributed by atoms with E-state index in [2.05, 4.69) is 99.0 Å². The van der Waals surface area contributed by atoms with Gasteiger partial charge in [-0.15, -0.1) is 0 Å². The molecule has 3 unspecified atom stereocenters. The lowest BCUT2D eigenvalue weighted by Crippen LogP contribution is -2.46. The predicted octanol–water partition coefficient (Wildman–Crippen LogP) is 16.2. The van der Waals surface area contributed by atoms with Gasteiger partial charge in [0.1, 0.15) is 6.10 Å². The van der Waals surface area contributed by atoms with Gasteiger partial charge in [-0.25, -0.2) is 0 Å². The van der Waals surface area contributed by atoms with Crippen molar-refractivity contribution in [3.05, 3.63) is 72.9 Å². The van der Waals surface area contributed by atoms with E-state index in [1.807, 2.05) is 0 Å². The number of carbonyl (C=O) groups excluding carboxylic acids is 2. The van der Waals surface area contributed by atoms with Gasteiger partial charge in [-0.1, -0.05) is 229 Å². The van der Waals surface area contributed by atoms with E-state index in [9.17, 15) is 19.8 Å². The van der Waals surface area contributed by atoms with E-state index in [1.165, 1.54) is 135 Å². The Morgan fingerprint density at radius 1 is 0.476 bits per heavy atom. The Balaban J connectivity index is 4.73. The van der Waals surface area contributed by atoms with Crippen LogP contribution in [0.5, 0.6) is 0 Å². The van der Waals surface area contributed by atoms with Crippen LogP contribution in [0.4, 0.5) is 0 Å². The van der Waals surface area contributed by atoms with Crippen molar-refractivity contribution in [2.24, 2.45) is 0 Å². The fourth-order valence-corrected chi connectivity index (χ4v) is 7.71. The molecule has 0 bridgehead atoms. The molecule has 0 aromatic rings. The maximum Gasteiger partial charge on any atom is 0.306 e. The van der Waals surface area contributed by atoms with Crippen LogP contribution in [-0.4, -0.2) is 46.9 Å². The summed E-state index contributed by atoms with van der Waals surface area (Å²) in [6.07, 6.45) is 64.0. The maximum atomic E-state index is 13.2. The smallest absolute Gasteiger partial charge is 0.306 e. The molecule has 364 valence electrons. The van der Waals surface area contributed by atoms with Gasteiger partial charge in [0.05, 0.1) is 25.2 Å². The van der Waals surface area contributed by atoms with Crippen molar-refractivity contribution in [1.82, 2.24) is 5.32 Å². The second-order valence-electron chi connectivity index (χ2n) is 17.9. The number of hydrogen-bond donors (Lipinski definition) is 3. The highest BCUT2D eigenvalue weighted by Gasteiger charge is 2.24. The summed E-state index contributed by atoms with van der Waals surface area (Å²) in [5.41, 5.74) is 0. The monoisotopic (exact) mass is 880 g/mol. The molecule has 0 aliphatic carbocycles. The van der Waals surface area contributed by atoms with Crippen LogP contribution in [0.3, 0.4) is 0 Å². The normalized spacial score (nSPS) is 13.8. The minimum atomic E-state index is -0.811. The molecule has 3 atom stereocenters. The number of amides is 1. The molecule has 0 spiro atoms. The minimum absolute atomic E-state index is 0.0208. The Morgan fingerprint density at radius 2 is 0.873 bits per heavy atom. The molecule has 0 aromatic carbocycles. The zero-order valence-electron chi connectivity index (χ0n) is 41.4. The second kappa shape index (κ2) is 50.3. The number of hydrogen-bond acceptors (Lipinski definition) is 5. The SMILES string of the molecule is CCCCC/C=C\C/C=C\C/C=C\C/C=C\CCCC(=O)OC(CCC/C=C/C=C/CCCCCCCCC)CC(=O)NC(CO)C(O)CCCCCCCCCCCCCCC. The number of esters is 1. The number of rotatable bonds is 47. The Labute approximate surface area is 390 Å². The predicted molar refractivity (Wildman–Crippen MR) is 273 cm³/mol. The molecule has 0 fully saturated rings. The van der Waals surface area contributed by atoms with E-state index < -0.39 is 18.2 Å². The molecule has 3 N–H and O–H groups in total. The maximum absolute atomic E-state index is 13.2. The number of unbranched alkanes of at least 4 members (excludes halogenated alkanes) is 24. The number of aliphatic hydroxyl groups is 2. The summed E-state index contributed by atoms with van der Waals surface area (Å²) in [5.74, 6) is -0.588. The van der Waals surface area contributed by atoms with E-state index in [0.29, 0.717) is 25.7 Å². The molecule has 0 radical (unpaired) electrons. The third-order valence-electron chi connectivity index (χ3n) is 11.8. The molecule has 0 heterocycles. The summed E-state index contributed by atoms with van der Waals surface area (Å²) in [6.45, 7) is 6.42. The molecule has 1 amide bonds. The fraction of sp³-hybridized carbons (Fsp3) is 0.754. The van der Waals surface area contributed by atoms with Crippen LogP contribution >= 0.6 is 0 Å². The minimum Gasteiger partial charge on any atom is -0.462 e. The van der Waals surface area contributed by atoms with Crippen LogP contribution in [-0.2, 0) is 14.3 Å². The second-order valence-corrected chi connectivity index (χ2v) is 17.9. The van der Waals surface area contributed by atoms with Crippen LogP contribution < -0.4 is 5.32 Å². The molecule has 0 aromatic heterocycles. The third-order valence-corrected chi connectivity index (χ3v) is 11.8. The molecule has 6 heteroatoms. The molecule has 0 rings (SSSR count). The lowest BCUT2D eigenvalue weighted by atomic mass is 10.0. The molecule has 63 heavy (non-hydrogen) atoms. The fourth-order valence-electron chi connectivity index (χ4n) is 7.71. The summed E-state index contributed by atoms with van der Waals surface area (Å²) in [7, 11) is 0. The summed E-state index contributed by atoms with van der Waals surface area (Å²) >= 11 is 0. The first-order valence-corrected chi connectivity index (χ1v) is 26.7. The average Bonchev–Trinajstić information content (AvgIpc) is 3.28. The first-order valence-electron chi connectivity index (χ1n) is 26.7. The largest absolute Gasteiger partial charge is 0.462 e. The number of carbonyl (C=O) groups is 2. The van der Waals surface area contributed by atoms with Crippen LogP contribution in [0.2, 0.25) is 0 Å². The van der Waals surface area contributed by atoms with E-state index in [-0.39, 0.29) is 24.9 Å². The van der Waals surface area contributed by atoms with Gasteiger partial charge in [0.2, 0.25) is 5.91 Å². The number of nitrogens with one attached hydrogen (secondary N) is 1. The van der Waals surface area contributed by atoms with Gasteiger partial charge < -0.3 is 20.3 Å². The van der Waals surface area contributed by atoms with Gasteiger partial charge >= 0.3 is 5.97 Å². The topological polar surface area (TPSA) is 95.9 Å². The van der Waals surface area contributed by atoms with E-state index in [0.717, 1.165) is 64.2 Å². The standard InChI is InChI=1S/C57H101NO5/c1-4-7-10-13-16-19-22-25-27-28-29-32-35-38-41-44-47-50-57(62)63-53(48-45-42-39-36-33-31-26-23-20-17-14-11-8-5-2)51-56(61)58-54(52-59)55(60)49-46-43-40-37-34-30-24-21-18-15-12-9-6-3/h16,19,25,27,29,31-33,36,38-39,41,53-55,59-60H,4-15,17-18,20-24,26,28,30,34-35,37,40,42-52H2,1-3H3,(H,58,61)/b19-16-,27-25-,32-29-,33-31+,39-36+,41-38-. The lowest BCUT2D eigenvalue weighted by Gasteiger charge is -2.24. The van der Waals surface area contributed by atoms with Gasteiger partial charge in [-0.3, -0.25) is 9.59 Å². The summed E-state index contributed by atoms with van der Waals surface area (Å²) in [4.78, 5) is 26.1. The van der Waals surface area contributed by atoms with Gasteiger partial charge in [-0.05, 0) is 83.5 Å². The van der Waals surface area contributed by atoms with Crippen LogP contribution in [0.15, 0.2) is 72.9 Å². The van der Waals surface area contributed by atoms with Crippen molar-refractivity contribution in [3.8, 4) is 0 Å². The molecule has 6 nitrogen and oxygen atoms in total. The van der Waals surface area contributed by atoms with Gasteiger partial charge in [0.25, 0.3) is 0 Å². The first kappa shape index (κ1) is 60.3. The molecular weight excluding hydrogens is 779 g/mol. The Hall–Kier alpha value is -2.70. The highest BCUT2D eigenvalue weighted by molar-refractivity contribution is 5.77. The van der Waals surface area contributed by atoms with Gasteiger partial charge in [0, 0.05) is 6.42 Å². The highest BCUT2D eigenvalue weighted by atomic mass is 16.5. The molecule has 0 aliphatic heterocycles. The highest BCUT2D eigenvalue weighted by Crippen LogP contribution is 2.16. The number of aliphatic hydroxyl groups excluding tert-OH is 2. The molecular formula is C57H101NO5. The molecule has 0 saturated heterocycles. The van der Waals surface area contributed by atoms with E-state index >= 15 is 0 Å². The van der Waals surface area contributed by atoms with Crippen molar-refractivity contribution in [3.63, 3.8) is 0 Å². The van der Waals surface area contributed by atoms with Gasteiger partial charge in [-0.2, -0.15) is 0 Å². The Kier molecular flexibility index (Phi) is 48.1. The number of allylic oxidation sites excluding steroid dienone is 12. The first-order chi connectivity index (χ1) is 31.0. The number of ether oxygens (including phenoxy) is 1. The van der Waals surface area contributed by atoms with E-state index in [4.69, 9.17) is 4.74 Å². The zero-order chi connectivity index (χ0) is 45.9.